The summed E-state index contributed by atoms with van der Waals surface area (Å²) in [6.45, 7) is 0. The molecule has 0 unspecified atom stereocenters. The molecular formula is C12H11ClN2O4S2. The van der Waals surface area contributed by atoms with Crippen molar-refractivity contribution < 1.29 is 16.8 Å². The van der Waals surface area contributed by atoms with Gasteiger partial charge in [0, 0.05) is 5.02 Å². The van der Waals surface area contributed by atoms with E-state index < -0.39 is 20.0 Å². The van der Waals surface area contributed by atoms with Crippen molar-refractivity contribution in [3.63, 3.8) is 0 Å². The maximum atomic E-state index is 12.2. The molecule has 112 valence electrons. The van der Waals surface area contributed by atoms with Gasteiger partial charge in [-0.2, -0.15) is 0 Å². The average molecular weight is 347 g/mol. The van der Waals surface area contributed by atoms with Gasteiger partial charge in [0.1, 0.15) is 4.90 Å². The van der Waals surface area contributed by atoms with Gasteiger partial charge in [-0.3, -0.25) is 4.72 Å². The van der Waals surface area contributed by atoms with Crippen molar-refractivity contribution in [3.8, 4) is 0 Å². The molecule has 2 rings (SSSR count). The third-order valence-electron chi connectivity index (χ3n) is 2.56. The summed E-state index contributed by atoms with van der Waals surface area (Å²) in [6.07, 6.45) is 0. The minimum Gasteiger partial charge on any atom is -0.278 e. The second-order valence-electron chi connectivity index (χ2n) is 4.10. The molecule has 2 aromatic carbocycles. The summed E-state index contributed by atoms with van der Waals surface area (Å²) in [5.74, 6) is 0. The summed E-state index contributed by atoms with van der Waals surface area (Å²) in [5.41, 5.74) is -0.116. The van der Waals surface area contributed by atoms with Crippen molar-refractivity contribution in [1.29, 1.82) is 0 Å². The molecule has 0 amide bonds. The molecule has 0 saturated carbocycles. The Labute approximate surface area is 127 Å². The molecule has 0 heterocycles. The highest BCUT2D eigenvalue weighted by molar-refractivity contribution is 7.93. The first kappa shape index (κ1) is 15.8. The minimum atomic E-state index is -4.04. The number of primary sulfonamides is 1. The highest BCUT2D eigenvalue weighted by Gasteiger charge is 2.19. The van der Waals surface area contributed by atoms with Crippen LogP contribution in [-0.4, -0.2) is 16.8 Å². The third-order valence-corrected chi connectivity index (χ3v) is 5.16. The number of sulfonamides is 2. The Morgan fingerprint density at radius 2 is 1.48 bits per heavy atom. The van der Waals surface area contributed by atoms with Crippen LogP contribution < -0.4 is 9.86 Å². The van der Waals surface area contributed by atoms with E-state index in [0.717, 1.165) is 0 Å². The summed E-state index contributed by atoms with van der Waals surface area (Å²) in [5, 5.41) is 5.44. The van der Waals surface area contributed by atoms with Gasteiger partial charge in [-0.1, -0.05) is 23.7 Å². The smallest absolute Gasteiger partial charge is 0.261 e. The second kappa shape index (κ2) is 5.64. The maximum absolute atomic E-state index is 12.2. The molecule has 0 bridgehead atoms. The molecular weight excluding hydrogens is 336 g/mol. The molecule has 3 N–H and O–H groups in total. The zero-order valence-electron chi connectivity index (χ0n) is 10.5. The van der Waals surface area contributed by atoms with Crippen LogP contribution in [0.4, 0.5) is 5.69 Å². The van der Waals surface area contributed by atoms with Gasteiger partial charge in [-0.05, 0) is 36.4 Å². The number of para-hydroxylation sites is 1. The molecule has 0 radical (unpaired) electrons. The van der Waals surface area contributed by atoms with Gasteiger partial charge < -0.3 is 0 Å². The SMILES string of the molecule is NS(=O)(=O)c1ccccc1NS(=O)(=O)c1ccc(Cl)cc1. The highest BCUT2D eigenvalue weighted by atomic mass is 35.5. The summed E-state index contributed by atoms with van der Waals surface area (Å²) in [4.78, 5) is -0.348. The Morgan fingerprint density at radius 1 is 0.905 bits per heavy atom. The lowest BCUT2D eigenvalue weighted by Gasteiger charge is -2.11. The number of anilines is 1. The van der Waals surface area contributed by atoms with Crippen LogP contribution >= 0.6 is 11.6 Å². The van der Waals surface area contributed by atoms with Crippen molar-refractivity contribution in [2.75, 3.05) is 4.72 Å². The fraction of sp³-hybridized carbons (Fsp3) is 0. The van der Waals surface area contributed by atoms with Crippen LogP contribution in [-0.2, 0) is 20.0 Å². The molecule has 0 aromatic heterocycles. The van der Waals surface area contributed by atoms with Crippen LogP contribution in [0.1, 0.15) is 0 Å². The van der Waals surface area contributed by atoms with Crippen LogP contribution in [0.15, 0.2) is 58.3 Å². The number of nitrogens with two attached hydrogens (primary N) is 1. The molecule has 21 heavy (non-hydrogen) atoms. The van der Waals surface area contributed by atoms with Gasteiger partial charge in [0.05, 0.1) is 10.6 Å². The summed E-state index contributed by atoms with van der Waals surface area (Å²) < 4.78 is 49.5. The van der Waals surface area contributed by atoms with Crippen LogP contribution in [0.5, 0.6) is 0 Å². The number of halogens is 1. The topological polar surface area (TPSA) is 106 Å². The van der Waals surface area contributed by atoms with E-state index in [2.05, 4.69) is 4.72 Å². The van der Waals surface area contributed by atoms with Crippen molar-refractivity contribution in [2.24, 2.45) is 5.14 Å². The van der Waals surface area contributed by atoms with Gasteiger partial charge in [-0.25, -0.2) is 22.0 Å². The fourth-order valence-electron chi connectivity index (χ4n) is 1.62. The quantitative estimate of drug-likeness (QED) is 0.880. The first-order valence-electron chi connectivity index (χ1n) is 5.60. The first-order chi connectivity index (χ1) is 9.70. The van der Waals surface area contributed by atoms with E-state index >= 15 is 0 Å². The predicted molar refractivity (Wildman–Crippen MR) is 80.1 cm³/mol. The summed E-state index contributed by atoms with van der Waals surface area (Å²) in [6, 6.07) is 10.9. The molecule has 0 aliphatic carbocycles. The fourth-order valence-corrected chi connectivity index (χ4v) is 3.58. The van der Waals surface area contributed by atoms with E-state index in [1.54, 1.807) is 0 Å². The number of nitrogens with one attached hydrogen (secondary N) is 1. The maximum Gasteiger partial charge on any atom is 0.261 e. The normalized spacial score (nSPS) is 12.1. The van der Waals surface area contributed by atoms with E-state index in [0.29, 0.717) is 5.02 Å². The molecule has 0 saturated heterocycles. The molecule has 0 aliphatic heterocycles. The average Bonchev–Trinajstić information content (AvgIpc) is 2.38. The Balaban J connectivity index is 2.45. The van der Waals surface area contributed by atoms with Crippen molar-refractivity contribution in [3.05, 3.63) is 53.6 Å². The predicted octanol–water partition coefficient (Wildman–Crippen LogP) is 1.79. The van der Waals surface area contributed by atoms with Gasteiger partial charge in [0.25, 0.3) is 10.0 Å². The van der Waals surface area contributed by atoms with Gasteiger partial charge >= 0.3 is 0 Å². The van der Waals surface area contributed by atoms with Crippen LogP contribution in [0.3, 0.4) is 0 Å². The van der Waals surface area contributed by atoms with E-state index in [1.165, 1.54) is 48.5 Å². The molecule has 0 aliphatic rings. The Hall–Kier alpha value is -1.61. The zero-order chi connectivity index (χ0) is 15.7. The van der Waals surface area contributed by atoms with Crippen LogP contribution in [0.25, 0.3) is 0 Å². The van der Waals surface area contributed by atoms with Gasteiger partial charge in [-0.15, -0.1) is 0 Å². The molecule has 0 atom stereocenters. The zero-order valence-corrected chi connectivity index (χ0v) is 12.9. The van der Waals surface area contributed by atoms with Crippen LogP contribution in [0.2, 0.25) is 5.02 Å². The van der Waals surface area contributed by atoms with E-state index in [-0.39, 0.29) is 15.5 Å². The second-order valence-corrected chi connectivity index (χ2v) is 7.75. The van der Waals surface area contributed by atoms with Crippen molar-refractivity contribution in [1.82, 2.24) is 0 Å². The first-order valence-corrected chi connectivity index (χ1v) is 9.01. The lowest BCUT2D eigenvalue weighted by Crippen LogP contribution is -2.18. The number of hydrogen-bond acceptors (Lipinski definition) is 4. The highest BCUT2D eigenvalue weighted by Crippen LogP contribution is 2.23. The summed E-state index contributed by atoms with van der Waals surface area (Å²) in [7, 11) is -7.98. The molecule has 2 aromatic rings. The van der Waals surface area contributed by atoms with E-state index in [9.17, 15) is 16.8 Å². The molecule has 0 fully saturated rings. The van der Waals surface area contributed by atoms with Gasteiger partial charge in [0.2, 0.25) is 10.0 Å². The van der Waals surface area contributed by atoms with Gasteiger partial charge in [0.15, 0.2) is 0 Å². The Bertz CT molecular complexity index is 862. The minimum absolute atomic E-state index is 0.0453. The molecule has 6 nitrogen and oxygen atoms in total. The lowest BCUT2D eigenvalue weighted by atomic mass is 10.3. The van der Waals surface area contributed by atoms with E-state index in [1.807, 2.05) is 0 Å². The monoisotopic (exact) mass is 346 g/mol. The summed E-state index contributed by atoms with van der Waals surface area (Å²) >= 11 is 5.70. The number of rotatable bonds is 4. The van der Waals surface area contributed by atoms with Crippen molar-refractivity contribution >= 4 is 37.3 Å². The Morgan fingerprint density at radius 3 is 2.05 bits per heavy atom. The van der Waals surface area contributed by atoms with Crippen LogP contribution in [0, 0.1) is 0 Å². The molecule has 9 heteroatoms. The lowest BCUT2D eigenvalue weighted by molar-refractivity contribution is 0.598. The van der Waals surface area contributed by atoms with Crippen molar-refractivity contribution in [2.45, 2.75) is 9.79 Å². The number of hydrogen-bond donors (Lipinski definition) is 2. The third kappa shape index (κ3) is 3.73. The number of benzene rings is 2. The molecule has 0 spiro atoms. The van der Waals surface area contributed by atoms with E-state index in [4.69, 9.17) is 16.7 Å². The Kier molecular flexibility index (Phi) is 4.24. The largest absolute Gasteiger partial charge is 0.278 e. The standard InChI is InChI=1S/C12H11ClN2O4S2/c13-9-5-7-10(8-6-9)21(18,19)15-11-3-1-2-4-12(11)20(14,16)17/h1-8,15H,(H2,14,16,17).